The van der Waals surface area contributed by atoms with Crippen LogP contribution in [0.5, 0.6) is 0 Å². The number of carbonyl (C=O) groups excluding carboxylic acids is 1. The fraction of sp³-hybridized carbons (Fsp3) is 0.200. The highest BCUT2D eigenvalue weighted by molar-refractivity contribution is 6.06. The van der Waals surface area contributed by atoms with Crippen LogP contribution in [0.4, 0.5) is 11.4 Å². The second kappa shape index (κ2) is 6.01. The van der Waals surface area contributed by atoms with Crippen molar-refractivity contribution >= 4 is 17.3 Å². The van der Waals surface area contributed by atoms with Gasteiger partial charge in [-0.3, -0.25) is 4.79 Å². The number of anilines is 2. The van der Waals surface area contributed by atoms with Gasteiger partial charge in [0, 0.05) is 5.92 Å². The molecule has 1 heterocycles. The fourth-order valence-corrected chi connectivity index (χ4v) is 1.74. The number of hydrogen-bond donors (Lipinski definition) is 2. The lowest BCUT2D eigenvalue weighted by molar-refractivity contribution is 0.102. The van der Waals surface area contributed by atoms with Crippen molar-refractivity contribution in [2.45, 2.75) is 19.8 Å². The first kappa shape index (κ1) is 14.5. The summed E-state index contributed by atoms with van der Waals surface area (Å²) in [4.78, 5) is 20.6. The summed E-state index contributed by atoms with van der Waals surface area (Å²) in [7, 11) is 0. The third-order valence-corrected chi connectivity index (χ3v) is 2.86. The molecule has 6 heteroatoms. The average molecular weight is 281 g/mol. The van der Waals surface area contributed by atoms with Gasteiger partial charge in [-0.05, 0) is 12.1 Å². The van der Waals surface area contributed by atoms with Crippen LogP contribution in [0.3, 0.4) is 0 Å². The monoisotopic (exact) mass is 281 g/mol. The Morgan fingerprint density at radius 1 is 1.38 bits per heavy atom. The van der Waals surface area contributed by atoms with E-state index < -0.39 is 5.91 Å². The highest BCUT2D eigenvalue weighted by Crippen LogP contribution is 2.18. The molecular weight excluding hydrogens is 266 g/mol. The lowest BCUT2D eigenvalue weighted by Gasteiger charge is -2.10. The molecule has 0 unspecified atom stereocenters. The smallest absolute Gasteiger partial charge is 0.276 e. The van der Waals surface area contributed by atoms with Crippen LogP contribution in [-0.2, 0) is 0 Å². The minimum Gasteiger partial charge on any atom is -0.396 e. The Labute approximate surface area is 122 Å². The lowest BCUT2D eigenvalue weighted by Crippen LogP contribution is -2.18. The SMILES string of the molecule is CC(C)c1ncc(N)c(C(=O)Nc2ccccc2C#N)n1. The van der Waals surface area contributed by atoms with Gasteiger partial charge in [-0.2, -0.15) is 5.26 Å². The first-order valence-electron chi connectivity index (χ1n) is 6.45. The largest absolute Gasteiger partial charge is 0.396 e. The van der Waals surface area contributed by atoms with Crippen molar-refractivity contribution < 1.29 is 4.79 Å². The van der Waals surface area contributed by atoms with Crippen molar-refractivity contribution in [3.8, 4) is 6.07 Å². The van der Waals surface area contributed by atoms with Crippen molar-refractivity contribution in [1.82, 2.24) is 9.97 Å². The Hall–Kier alpha value is -2.94. The first-order valence-corrected chi connectivity index (χ1v) is 6.45. The predicted octanol–water partition coefficient (Wildman–Crippen LogP) is 2.31. The summed E-state index contributed by atoms with van der Waals surface area (Å²) in [6.07, 6.45) is 1.42. The maximum absolute atomic E-state index is 12.3. The molecule has 3 N–H and O–H groups in total. The second-order valence-corrected chi connectivity index (χ2v) is 4.80. The van der Waals surface area contributed by atoms with E-state index >= 15 is 0 Å². The van der Waals surface area contributed by atoms with E-state index in [0.717, 1.165) is 0 Å². The number of nitriles is 1. The molecule has 1 aromatic carbocycles. The second-order valence-electron chi connectivity index (χ2n) is 4.80. The molecular formula is C15H15N5O. The lowest BCUT2D eigenvalue weighted by atomic mass is 10.2. The number of aromatic nitrogens is 2. The van der Waals surface area contributed by atoms with Crippen molar-refractivity contribution in [3.05, 3.63) is 47.5 Å². The fourth-order valence-electron chi connectivity index (χ4n) is 1.74. The minimum absolute atomic E-state index is 0.0866. The number of benzene rings is 1. The van der Waals surface area contributed by atoms with Crippen LogP contribution in [0, 0.1) is 11.3 Å². The normalized spacial score (nSPS) is 10.2. The summed E-state index contributed by atoms with van der Waals surface area (Å²) in [6, 6.07) is 8.75. The number of para-hydroxylation sites is 1. The van der Waals surface area contributed by atoms with Gasteiger partial charge in [0.2, 0.25) is 0 Å². The number of amides is 1. The zero-order valence-corrected chi connectivity index (χ0v) is 11.8. The number of hydrogen-bond acceptors (Lipinski definition) is 5. The Morgan fingerprint density at radius 2 is 2.10 bits per heavy atom. The highest BCUT2D eigenvalue weighted by Gasteiger charge is 2.16. The number of nitrogens with zero attached hydrogens (tertiary/aromatic N) is 3. The molecule has 0 spiro atoms. The molecule has 1 aromatic heterocycles. The molecule has 0 aliphatic rings. The third kappa shape index (κ3) is 3.15. The van der Waals surface area contributed by atoms with E-state index in [-0.39, 0.29) is 17.3 Å². The molecule has 2 rings (SSSR count). The molecule has 0 fully saturated rings. The van der Waals surface area contributed by atoms with Crippen LogP contribution in [0.15, 0.2) is 30.5 Å². The number of nitrogens with one attached hydrogen (secondary N) is 1. The van der Waals surface area contributed by atoms with Gasteiger partial charge in [0.25, 0.3) is 5.91 Å². The summed E-state index contributed by atoms with van der Waals surface area (Å²) in [5.41, 5.74) is 6.88. The molecule has 2 aromatic rings. The molecule has 106 valence electrons. The van der Waals surface area contributed by atoms with Gasteiger partial charge >= 0.3 is 0 Å². The van der Waals surface area contributed by atoms with E-state index in [4.69, 9.17) is 11.0 Å². The average Bonchev–Trinajstić information content (AvgIpc) is 2.47. The van der Waals surface area contributed by atoms with Gasteiger partial charge in [0.05, 0.1) is 23.1 Å². The summed E-state index contributed by atoms with van der Waals surface area (Å²) in [5, 5.41) is 11.7. The maximum atomic E-state index is 12.3. The van der Waals surface area contributed by atoms with E-state index in [1.54, 1.807) is 24.3 Å². The van der Waals surface area contributed by atoms with Crippen LogP contribution >= 0.6 is 0 Å². The van der Waals surface area contributed by atoms with Crippen LogP contribution in [0.25, 0.3) is 0 Å². The van der Waals surface area contributed by atoms with Gasteiger partial charge in [-0.15, -0.1) is 0 Å². The molecule has 0 atom stereocenters. The molecule has 0 saturated carbocycles. The zero-order chi connectivity index (χ0) is 15.4. The first-order chi connectivity index (χ1) is 10.0. The number of nitrogen functional groups attached to an aromatic ring is 1. The van der Waals surface area contributed by atoms with Gasteiger partial charge in [-0.25, -0.2) is 9.97 Å². The summed E-state index contributed by atoms with van der Waals surface area (Å²) in [6.45, 7) is 3.86. The molecule has 1 amide bonds. The van der Waals surface area contributed by atoms with Crippen molar-refractivity contribution in [2.24, 2.45) is 0 Å². The third-order valence-electron chi connectivity index (χ3n) is 2.86. The van der Waals surface area contributed by atoms with Crippen LogP contribution in [-0.4, -0.2) is 15.9 Å². The van der Waals surface area contributed by atoms with E-state index in [0.29, 0.717) is 17.1 Å². The molecule has 0 bridgehead atoms. The van der Waals surface area contributed by atoms with Crippen LogP contribution < -0.4 is 11.1 Å². The van der Waals surface area contributed by atoms with Gasteiger partial charge < -0.3 is 11.1 Å². The number of nitrogens with two attached hydrogens (primary N) is 1. The van der Waals surface area contributed by atoms with Gasteiger partial charge in [0.15, 0.2) is 5.69 Å². The minimum atomic E-state index is -0.459. The van der Waals surface area contributed by atoms with E-state index in [1.165, 1.54) is 6.20 Å². The van der Waals surface area contributed by atoms with E-state index in [9.17, 15) is 4.79 Å². The predicted molar refractivity (Wildman–Crippen MR) is 79.6 cm³/mol. The van der Waals surface area contributed by atoms with Crippen LogP contribution in [0.2, 0.25) is 0 Å². The summed E-state index contributed by atoms with van der Waals surface area (Å²) in [5.74, 6) is 0.172. The summed E-state index contributed by atoms with van der Waals surface area (Å²) >= 11 is 0. The zero-order valence-electron chi connectivity index (χ0n) is 11.8. The van der Waals surface area contributed by atoms with Crippen molar-refractivity contribution in [3.63, 3.8) is 0 Å². The topological polar surface area (TPSA) is 105 Å². The molecule has 0 saturated heterocycles. The standard InChI is InChI=1S/C15H15N5O/c1-9(2)14-18-8-11(17)13(20-14)15(21)19-12-6-4-3-5-10(12)7-16/h3-6,8-9H,17H2,1-2H3,(H,19,21). The Kier molecular flexibility index (Phi) is 4.14. The van der Waals surface area contributed by atoms with Gasteiger partial charge in [-0.1, -0.05) is 26.0 Å². The molecule has 0 aliphatic heterocycles. The van der Waals surface area contributed by atoms with Gasteiger partial charge in [0.1, 0.15) is 11.9 Å². The Morgan fingerprint density at radius 3 is 2.76 bits per heavy atom. The maximum Gasteiger partial charge on any atom is 0.276 e. The van der Waals surface area contributed by atoms with Crippen LogP contribution in [0.1, 0.15) is 41.6 Å². The highest BCUT2D eigenvalue weighted by atomic mass is 16.1. The molecule has 0 radical (unpaired) electrons. The molecule has 0 aliphatic carbocycles. The Balaban J connectivity index is 2.33. The van der Waals surface area contributed by atoms with Crippen molar-refractivity contribution in [2.75, 3.05) is 11.1 Å². The number of carbonyl (C=O) groups is 1. The number of rotatable bonds is 3. The van der Waals surface area contributed by atoms with Crippen molar-refractivity contribution in [1.29, 1.82) is 5.26 Å². The summed E-state index contributed by atoms with van der Waals surface area (Å²) < 4.78 is 0. The quantitative estimate of drug-likeness (QED) is 0.898. The van der Waals surface area contributed by atoms with E-state index in [2.05, 4.69) is 15.3 Å². The molecule has 21 heavy (non-hydrogen) atoms. The van der Waals surface area contributed by atoms with E-state index in [1.807, 2.05) is 19.9 Å². The Bertz CT molecular complexity index is 718. The molecule has 6 nitrogen and oxygen atoms in total.